The van der Waals surface area contributed by atoms with Gasteiger partial charge in [0.1, 0.15) is 17.6 Å². The van der Waals surface area contributed by atoms with E-state index in [1.807, 2.05) is 6.20 Å². The fourth-order valence-corrected chi connectivity index (χ4v) is 2.78. The third-order valence-electron chi connectivity index (χ3n) is 3.84. The molecule has 2 aromatic rings. The average molecular weight is 302 g/mol. The van der Waals surface area contributed by atoms with Crippen molar-refractivity contribution in [3.05, 3.63) is 36.0 Å². The summed E-state index contributed by atoms with van der Waals surface area (Å²) in [5.41, 5.74) is 7.85. The van der Waals surface area contributed by atoms with E-state index < -0.39 is 0 Å². The molecule has 0 spiro atoms. The quantitative estimate of drug-likeness (QED) is 0.919. The van der Waals surface area contributed by atoms with E-state index in [0.717, 1.165) is 25.3 Å². The molecule has 0 aromatic carbocycles. The second-order valence-electron chi connectivity index (χ2n) is 5.78. The Morgan fingerprint density at radius 3 is 2.91 bits per heavy atom. The minimum Gasteiger partial charge on any atom is -0.382 e. The normalized spacial score (nSPS) is 19.7. The third-order valence-corrected chi connectivity index (χ3v) is 3.84. The van der Waals surface area contributed by atoms with Crippen LogP contribution in [0.15, 0.2) is 24.7 Å². The lowest BCUT2D eigenvalue weighted by atomic mass is 10.2. The molecule has 1 atom stereocenters. The summed E-state index contributed by atoms with van der Waals surface area (Å²) in [6.45, 7) is 7.43. The molecule has 0 amide bonds. The van der Waals surface area contributed by atoms with Crippen molar-refractivity contribution in [3.8, 4) is 0 Å². The van der Waals surface area contributed by atoms with Gasteiger partial charge in [0.25, 0.3) is 0 Å². The van der Waals surface area contributed by atoms with E-state index in [-0.39, 0.29) is 6.10 Å². The van der Waals surface area contributed by atoms with Gasteiger partial charge in [-0.25, -0.2) is 4.98 Å². The SMILES string of the molecule is CC(C)n1nccc1CN1CCO[C@@H](c2nccnc2N)C1. The van der Waals surface area contributed by atoms with Crippen LogP contribution in [0.4, 0.5) is 5.82 Å². The van der Waals surface area contributed by atoms with E-state index in [9.17, 15) is 0 Å². The standard InChI is InChI=1S/C15H22N6O/c1-11(2)21-12(3-4-19-21)9-20-7-8-22-13(10-20)14-15(16)18-6-5-17-14/h3-6,11,13H,7-10H2,1-2H3,(H2,16,18)/t13-/m1/s1. The van der Waals surface area contributed by atoms with Crippen molar-refractivity contribution in [1.29, 1.82) is 0 Å². The zero-order valence-corrected chi connectivity index (χ0v) is 13.0. The van der Waals surface area contributed by atoms with E-state index in [1.165, 1.54) is 5.69 Å². The van der Waals surface area contributed by atoms with Crippen LogP contribution in [0.5, 0.6) is 0 Å². The number of rotatable bonds is 4. The largest absolute Gasteiger partial charge is 0.382 e. The minimum atomic E-state index is -0.127. The van der Waals surface area contributed by atoms with Gasteiger partial charge in [-0.2, -0.15) is 5.10 Å². The summed E-state index contributed by atoms with van der Waals surface area (Å²) >= 11 is 0. The Morgan fingerprint density at radius 1 is 1.32 bits per heavy atom. The summed E-state index contributed by atoms with van der Waals surface area (Å²) < 4.78 is 7.88. The summed E-state index contributed by atoms with van der Waals surface area (Å²) in [4.78, 5) is 10.8. The van der Waals surface area contributed by atoms with Crippen LogP contribution in [-0.4, -0.2) is 44.3 Å². The molecule has 2 aromatic heterocycles. The summed E-state index contributed by atoms with van der Waals surface area (Å²) in [6.07, 6.45) is 4.98. The van der Waals surface area contributed by atoms with Crippen LogP contribution < -0.4 is 5.73 Å². The summed E-state index contributed by atoms with van der Waals surface area (Å²) in [5.74, 6) is 0.446. The lowest BCUT2D eigenvalue weighted by Gasteiger charge is -2.33. The number of hydrogen-bond acceptors (Lipinski definition) is 6. The Hall–Kier alpha value is -1.99. The highest BCUT2D eigenvalue weighted by molar-refractivity contribution is 5.35. The molecule has 0 unspecified atom stereocenters. The second kappa shape index (κ2) is 6.41. The fourth-order valence-electron chi connectivity index (χ4n) is 2.78. The van der Waals surface area contributed by atoms with Gasteiger partial charge in [0.05, 0.1) is 12.3 Å². The molecule has 1 fully saturated rings. The predicted molar refractivity (Wildman–Crippen MR) is 83.0 cm³/mol. The third kappa shape index (κ3) is 3.10. The zero-order valence-electron chi connectivity index (χ0n) is 13.0. The zero-order chi connectivity index (χ0) is 15.5. The highest BCUT2D eigenvalue weighted by Gasteiger charge is 2.25. The first-order chi connectivity index (χ1) is 10.6. The Kier molecular flexibility index (Phi) is 4.35. The number of anilines is 1. The van der Waals surface area contributed by atoms with Crippen molar-refractivity contribution in [2.24, 2.45) is 0 Å². The Balaban J connectivity index is 1.71. The van der Waals surface area contributed by atoms with Gasteiger partial charge >= 0.3 is 0 Å². The highest BCUT2D eigenvalue weighted by atomic mass is 16.5. The maximum atomic E-state index is 5.91. The second-order valence-corrected chi connectivity index (χ2v) is 5.78. The molecular weight excluding hydrogens is 280 g/mol. The molecule has 3 heterocycles. The number of nitrogen functional groups attached to an aromatic ring is 1. The predicted octanol–water partition coefficient (Wildman–Crippen LogP) is 1.41. The van der Waals surface area contributed by atoms with Crippen LogP contribution >= 0.6 is 0 Å². The van der Waals surface area contributed by atoms with Gasteiger partial charge in [-0.05, 0) is 19.9 Å². The van der Waals surface area contributed by atoms with Crippen molar-refractivity contribution < 1.29 is 4.74 Å². The molecule has 0 radical (unpaired) electrons. The summed E-state index contributed by atoms with van der Waals surface area (Å²) in [7, 11) is 0. The highest BCUT2D eigenvalue weighted by Crippen LogP contribution is 2.24. The lowest BCUT2D eigenvalue weighted by molar-refractivity contribution is -0.0355. The Bertz CT molecular complexity index is 626. The van der Waals surface area contributed by atoms with E-state index >= 15 is 0 Å². The average Bonchev–Trinajstić information content (AvgIpc) is 2.96. The number of hydrogen-bond donors (Lipinski definition) is 1. The first kappa shape index (κ1) is 14.9. The topological polar surface area (TPSA) is 82.1 Å². The molecule has 0 saturated carbocycles. The van der Waals surface area contributed by atoms with Crippen LogP contribution in [0.3, 0.4) is 0 Å². The first-order valence-electron chi connectivity index (χ1n) is 7.58. The molecule has 1 aliphatic heterocycles. The minimum absolute atomic E-state index is 0.127. The van der Waals surface area contributed by atoms with Crippen LogP contribution in [0.1, 0.15) is 37.4 Å². The maximum absolute atomic E-state index is 5.91. The Labute approximate surface area is 130 Å². The molecule has 0 bridgehead atoms. The van der Waals surface area contributed by atoms with Gasteiger partial charge in [0.2, 0.25) is 0 Å². The van der Waals surface area contributed by atoms with Gasteiger partial charge in [0, 0.05) is 44.3 Å². The van der Waals surface area contributed by atoms with Gasteiger partial charge in [-0.3, -0.25) is 14.6 Å². The smallest absolute Gasteiger partial charge is 0.147 e. The number of ether oxygens (including phenoxy) is 1. The molecule has 118 valence electrons. The van der Waals surface area contributed by atoms with Crippen LogP contribution in [0.2, 0.25) is 0 Å². The van der Waals surface area contributed by atoms with Gasteiger partial charge in [0.15, 0.2) is 0 Å². The van der Waals surface area contributed by atoms with Crippen molar-refractivity contribution in [2.45, 2.75) is 32.5 Å². The van der Waals surface area contributed by atoms with Crippen LogP contribution in [0, 0.1) is 0 Å². The number of aromatic nitrogens is 4. The monoisotopic (exact) mass is 302 g/mol. The molecule has 7 heteroatoms. The molecule has 1 saturated heterocycles. The van der Waals surface area contributed by atoms with Gasteiger partial charge in [-0.15, -0.1) is 0 Å². The van der Waals surface area contributed by atoms with E-state index in [4.69, 9.17) is 10.5 Å². The number of nitrogens with two attached hydrogens (primary N) is 1. The molecule has 7 nitrogen and oxygen atoms in total. The van der Waals surface area contributed by atoms with E-state index in [0.29, 0.717) is 18.5 Å². The molecule has 22 heavy (non-hydrogen) atoms. The fraction of sp³-hybridized carbons (Fsp3) is 0.533. The first-order valence-corrected chi connectivity index (χ1v) is 7.58. The van der Waals surface area contributed by atoms with E-state index in [2.05, 4.69) is 44.6 Å². The van der Waals surface area contributed by atoms with Crippen LogP contribution in [-0.2, 0) is 11.3 Å². The summed E-state index contributed by atoms with van der Waals surface area (Å²) in [5, 5.41) is 4.39. The molecular formula is C15H22N6O. The van der Waals surface area contributed by atoms with Crippen LogP contribution in [0.25, 0.3) is 0 Å². The van der Waals surface area contributed by atoms with E-state index in [1.54, 1.807) is 12.4 Å². The van der Waals surface area contributed by atoms with Gasteiger partial charge < -0.3 is 10.5 Å². The lowest BCUT2D eigenvalue weighted by Crippen LogP contribution is -2.39. The number of morpholine rings is 1. The van der Waals surface area contributed by atoms with Crippen molar-refractivity contribution in [1.82, 2.24) is 24.6 Å². The maximum Gasteiger partial charge on any atom is 0.147 e. The molecule has 2 N–H and O–H groups in total. The molecule has 3 rings (SSSR count). The number of nitrogens with zero attached hydrogens (tertiary/aromatic N) is 5. The van der Waals surface area contributed by atoms with Crippen molar-refractivity contribution >= 4 is 5.82 Å². The van der Waals surface area contributed by atoms with Crippen molar-refractivity contribution in [2.75, 3.05) is 25.4 Å². The molecule has 1 aliphatic rings. The van der Waals surface area contributed by atoms with Gasteiger partial charge in [-0.1, -0.05) is 0 Å². The van der Waals surface area contributed by atoms with Crippen molar-refractivity contribution in [3.63, 3.8) is 0 Å². The molecule has 0 aliphatic carbocycles. The summed E-state index contributed by atoms with van der Waals surface area (Å²) in [6, 6.07) is 2.43. The Morgan fingerprint density at radius 2 is 2.14 bits per heavy atom.